The molecule has 4 amide bonds. The summed E-state index contributed by atoms with van der Waals surface area (Å²) in [5.41, 5.74) is 6.29. The Labute approximate surface area is 333 Å². The normalized spacial score (nSPS) is 14.6. The minimum absolute atomic E-state index is 0.0468. The van der Waals surface area contributed by atoms with Crippen LogP contribution in [0.1, 0.15) is 60.7 Å². The van der Waals surface area contributed by atoms with E-state index in [2.05, 4.69) is 50.6 Å². The molecule has 16 heteroatoms. The number of H-pyrrole nitrogens is 2. The number of amides is 4. The Hall–Kier alpha value is -7.36. The maximum absolute atomic E-state index is 13.9. The van der Waals surface area contributed by atoms with Gasteiger partial charge in [0.25, 0.3) is 5.91 Å². The zero-order valence-corrected chi connectivity index (χ0v) is 32.1. The van der Waals surface area contributed by atoms with Gasteiger partial charge in [0.2, 0.25) is 5.91 Å². The zero-order valence-electron chi connectivity index (χ0n) is 32.1. The van der Waals surface area contributed by atoms with E-state index in [1.807, 2.05) is 49.4 Å². The quantitative estimate of drug-likeness (QED) is 0.0938. The van der Waals surface area contributed by atoms with Gasteiger partial charge in [-0.25, -0.2) is 19.6 Å². The van der Waals surface area contributed by atoms with Crippen molar-refractivity contribution in [3.63, 3.8) is 0 Å². The number of methoxy groups -OCH3 is 2. The zero-order chi connectivity index (χ0) is 40.6. The van der Waals surface area contributed by atoms with Gasteiger partial charge in [0, 0.05) is 17.8 Å². The third-order valence-electron chi connectivity index (χ3n) is 9.87. The highest BCUT2D eigenvalue weighted by atomic mass is 16.5. The molecule has 3 atom stereocenters. The maximum Gasteiger partial charge on any atom is 0.411 e. The molecule has 0 unspecified atom stereocenters. The Balaban J connectivity index is 0.970. The van der Waals surface area contributed by atoms with Crippen LogP contribution in [0.25, 0.3) is 33.9 Å². The average Bonchev–Trinajstić information content (AvgIpc) is 4.06. The second-order valence-corrected chi connectivity index (χ2v) is 13.6. The Morgan fingerprint density at radius 3 is 2.19 bits per heavy atom. The number of nitrogens with zero attached hydrogens (tertiary/aromatic N) is 5. The predicted molar refractivity (Wildman–Crippen MR) is 214 cm³/mol. The highest BCUT2D eigenvalue weighted by Gasteiger charge is 2.37. The highest BCUT2D eigenvalue weighted by Crippen LogP contribution is 2.34. The van der Waals surface area contributed by atoms with E-state index in [0.29, 0.717) is 52.1 Å². The molecule has 58 heavy (non-hydrogen) atoms. The summed E-state index contributed by atoms with van der Waals surface area (Å²) in [6.07, 6.45) is 7.04. The lowest BCUT2D eigenvalue weighted by molar-refractivity contribution is -0.134. The van der Waals surface area contributed by atoms with Gasteiger partial charge in [-0.05, 0) is 42.5 Å². The van der Waals surface area contributed by atoms with Crippen LogP contribution in [0.4, 0.5) is 15.3 Å². The molecule has 3 aromatic carbocycles. The number of likely N-dealkylation sites (tertiary alicyclic amines) is 1. The number of para-hydroxylation sites is 1. The van der Waals surface area contributed by atoms with Crippen LogP contribution in [0, 0.1) is 0 Å². The number of hydrogen-bond donors (Lipinski definition) is 5. The Morgan fingerprint density at radius 2 is 1.45 bits per heavy atom. The maximum atomic E-state index is 13.9. The fourth-order valence-corrected chi connectivity index (χ4v) is 6.86. The fraction of sp³-hybridized carbons (Fsp3) is 0.238. The van der Waals surface area contributed by atoms with Crippen molar-refractivity contribution in [1.82, 2.24) is 45.4 Å². The molecule has 5 N–H and O–H groups in total. The highest BCUT2D eigenvalue weighted by molar-refractivity contribution is 5.88. The van der Waals surface area contributed by atoms with Crippen molar-refractivity contribution >= 4 is 29.7 Å². The van der Waals surface area contributed by atoms with E-state index in [0.717, 1.165) is 29.7 Å². The first-order valence-electron chi connectivity index (χ1n) is 18.7. The number of imidazole rings is 2. The summed E-state index contributed by atoms with van der Waals surface area (Å²) >= 11 is 0. The smallest absolute Gasteiger partial charge is 0.411 e. The number of nitrogens with one attached hydrogen (secondary N) is 5. The number of benzene rings is 3. The number of ether oxygens (including phenoxy) is 2. The van der Waals surface area contributed by atoms with Gasteiger partial charge in [-0.15, -0.1) is 0 Å². The molecule has 3 aromatic heterocycles. The number of aromatic amines is 2. The number of alkyl carbamates (subject to hydrolysis) is 1. The molecule has 0 radical (unpaired) electrons. The number of anilines is 1. The van der Waals surface area contributed by atoms with E-state index in [-0.39, 0.29) is 24.3 Å². The van der Waals surface area contributed by atoms with Crippen molar-refractivity contribution in [1.29, 1.82) is 0 Å². The molecule has 16 nitrogen and oxygen atoms in total. The van der Waals surface area contributed by atoms with Crippen LogP contribution in [0.3, 0.4) is 0 Å². The molecule has 0 aliphatic carbocycles. The van der Waals surface area contributed by atoms with Gasteiger partial charge in [-0.2, -0.15) is 0 Å². The Kier molecular flexibility index (Phi) is 11.8. The van der Waals surface area contributed by atoms with Gasteiger partial charge < -0.3 is 35.0 Å². The monoisotopic (exact) mass is 782 g/mol. The fourth-order valence-electron chi connectivity index (χ4n) is 6.86. The third kappa shape index (κ3) is 8.86. The van der Waals surface area contributed by atoms with Crippen LogP contribution in [0.15, 0.2) is 104 Å². The van der Waals surface area contributed by atoms with Crippen molar-refractivity contribution in [2.24, 2.45) is 0 Å². The number of hydrogen-bond acceptors (Lipinski definition) is 10. The van der Waals surface area contributed by atoms with E-state index in [9.17, 15) is 19.2 Å². The summed E-state index contributed by atoms with van der Waals surface area (Å²) in [5.74, 6) is 0.743. The first kappa shape index (κ1) is 38.9. The van der Waals surface area contributed by atoms with Crippen molar-refractivity contribution in [3.05, 3.63) is 126 Å². The molecular weight excluding hydrogens is 741 g/mol. The van der Waals surface area contributed by atoms with Gasteiger partial charge in [0.15, 0.2) is 0 Å². The summed E-state index contributed by atoms with van der Waals surface area (Å²) in [5, 5.41) is 8.26. The lowest BCUT2D eigenvalue weighted by Gasteiger charge is -2.28. The molecule has 7 rings (SSSR count). The first-order chi connectivity index (χ1) is 28.2. The minimum Gasteiger partial charge on any atom is -0.453 e. The molecule has 1 saturated heterocycles. The molecule has 0 bridgehead atoms. The standard InChI is InChI=1S/C42H42N10O6/c1-25(47-36(53)20-29-12-7-8-13-30(29)50-41(55)57-2)38-45-24-34(49-38)33-23-43-31(21-44-33)26-15-17-27(18-16-26)32-22-46-39(48-32)35-14-9-19-52(35)40(54)37(51-42(56)58-3)28-10-5-4-6-11-28/h4-8,10-13,15-18,21-25,35,37H,9,14,19-20H2,1-3H3,(H,45,49)(H,46,48)(H,47,53)(H,50,55)(H,51,56)/t25-,35-,37+/m0/s1. The summed E-state index contributed by atoms with van der Waals surface area (Å²) in [7, 11) is 2.55. The minimum atomic E-state index is -0.894. The van der Waals surface area contributed by atoms with Gasteiger partial charge in [0.05, 0.1) is 74.6 Å². The third-order valence-corrected chi connectivity index (χ3v) is 9.87. The molecule has 1 aliphatic rings. The number of carbonyl (C=O) groups excluding carboxylic acids is 4. The largest absolute Gasteiger partial charge is 0.453 e. The lowest BCUT2D eigenvalue weighted by Crippen LogP contribution is -2.42. The average molecular weight is 783 g/mol. The summed E-state index contributed by atoms with van der Waals surface area (Å²) in [6, 6.07) is 22.4. The second-order valence-electron chi connectivity index (χ2n) is 13.6. The van der Waals surface area contributed by atoms with Crippen molar-refractivity contribution in [3.8, 4) is 33.9 Å². The van der Waals surface area contributed by atoms with Crippen LogP contribution in [0.5, 0.6) is 0 Å². The molecule has 296 valence electrons. The molecule has 4 heterocycles. The van der Waals surface area contributed by atoms with Gasteiger partial charge in [-0.3, -0.25) is 24.9 Å². The molecular formula is C42H42N10O6. The van der Waals surface area contributed by atoms with E-state index < -0.39 is 24.3 Å². The topological polar surface area (TPSA) is 209 Å². The van der Waals surface area contributed by atoms with E-state index in [1.54, 1.807) is 66.1 Å². The van der Waals surface area contributed by atoms with Crippen LogP contribution < -0.4 is 16.0 Å². The van der Waals surface area contributed by atoms with Gasteiger partial charge in [0.1, 0.15) is 23.4 Å². The van der Waals surface area contributed by atoms with Crippen molar-refractivity contribution in [2.75, 3.05) is 26.1 Å². The number of aromatic nitrogens is 6. The van der Waals surface area contributed by atoms with Gasteiger partial charge in [-0.1, -0.05) is 72.8 Å². The predicted octanol–water partition coefficient (Wildman–Crippen LogP) is 6.28. The Bertz CT molecular complexity index is 2380. The SMILES string of the molecule is COC(=O)Nc1ccccc1CC(=O)N[C@@H](C)c1ncc(-c2cnc(-c3ccc(-c4cnc([C@@H]5CCCN5C(=O)[C@H](NC(=O)OC)c5ccccc5)[nH]4)cc3)cn2)[nH]1. The van der Waals surface area contributed by atoms with E-state index >= 15 is 0 Å². The molecule has 1 fully saturated rings. The number of rotatable bonds is 12. The molecule has 1 aliphatic heterocycles. The van der Waals surface area contributed by atoms with Crippen LogP contribution >= 0.6 is 0 Å². The van der Waals surface area contributed by atoms with Crippen LogP contribution in [-0.4, -0.2) is 79.6 Å². The summed E-state index contributed by atoms with van der Waals surface area (Å²) in [4.78, 5) is 77.4. The molecule has 0 spiro atoms. The molecule has 0 saturated carbocycles. The van der Waals surface area contributed by atoms with E-state index in [1.165, 1.54) is 14.2 Å². The van der Waals surface area contributed by atoms with E-state index in [4.69, 9.17) is 4.74 Å². The lowest BCUT2D eigenvalue weighted by atomic mass is 10.1. The van der Waals surface area contributed by atoms with Crippen LogP contribution in [0.2, 0.25) is 0 Å². The first-order valence-corrected chi connectivity index (χ1v) is 18.7. The summed E-state index contributed by atoms with van der Waals surface area (Å²) < 4.78 is 9.48. The van der Waals surface area contributed by atoms with Crippen LogP contribution in [-0.2, 0) is 25.5 Å². The van der Waals surface area contributed by atoms with Crippen molar-refractivity contribution in [2.45, 2.75) is 44.3 Å². The number of carbonyl (C=O) groups is 4. The second kappa shape index (κ2) is 17.6. The summed E-state index contributed by atoms with van der Waals surface area (Å²) in [6.45, 7) is 2.36. The Morgan fingerprint density at radius 1 is 0.759 bits per heavy atom. The van der Waals surface area contributed by atoms with Crippen molar-refractivity contribution < 1.29 is 28.7 Å². The molecule has 6 aromatic rings. The van der Waals surface area contributed by atoms with Gasteiger partial charge >= 0.3 is 12.2 Å².